The third-order valence-corrected chi connectivity index (χ3v) is 2.72. The molecule has 0 heterocycles. The Balaban J connectivity index is 3.36. The van der Waals surface area contributed by atoms with E-state index < -0.39 is 0 Å². The summed E-state index contributed by atoms with van der Waals surface area (Å²) in [5.74, 6) is 0. The summed E-state index contributed by atoms with van der Waals surface area (Å²) in [4.78, 5) is 0. The molecule has 0 aromatic carbocycles. The second kappa shape index (κ2) is 16.0. The highest BCUT2D eigenvalue weighted by atomic mass is 13.9. The maximum absolute atomic E-state index is 2.28. The highest BCUT2D eigenvalue weighted by Crippen LogP contribution is 2.02. The van der Waals surface area contributed by atoms with Gasteiger partial charge in [0.15, 0.2) is 0 Å². The minimum atomic E-state index is 1.04. The van der Waals surface area contributed by atoms with Crippen LogP contribution in [0.3, 0.4) is 0 Å². The van der Waals surface area contributed by atoms with Gasteiger partial charge in [0.05, 0.1) is 0 Å². The fourth-order valence-electron chi connectivity index (χ4n) is 1.63. The van der Waals surface area contributed by atoms with Gasteiger partial charge >= 0.3 is 0 Å². The number of hydrogen-bond donors (Lipinski definition) is 0. The average molecular weight is 246 g/mol. The smallest absolute Gasteiger partial charge is 0.0166 e. The van der Waals surface area contributed by atoms with Gasteiger partial charge in [-0.3, -0.25) is 0 Å². The number of hydrogen-bond acceptors (Lipinski definition) is 0. The molecule has 0 spiro atoms. The van der Waals surface area contributed by atoms with Crippen molar-refractivity contribution in [1.82, 2.24) is 0 Å². The second-order valence-corrected chi connectivity index (χ2v) is 4.53. The maximum atomic E-state index is 2.28. The van der Waals surface area contributed by atoms with E-state index in [0.717, 1.165) is 19.3 Å². The van der Waals surface area contributed by atoms with Gasteiger partial charge in [-0.15, -0.1) is 0 Å². The van der Waals surface area contributed by atoms with Crippen molar-refractivity contribution in [1.29, 1.82) is 0 Å². The van der Waals surface area contributed by atoms with Crippen LogP contribution in [-0.2, 0) is 0 Å². The Morgan fingerprint density at radius 2 is 1.28 bits per heavy atom. The fraction of sp³-hybridized carbons (Fsp3) is 0.556. The Morgan fingerprint density at radius 3 is 2.00 bits per heavy atom. The normalized spacial score (nSPS) is 12.8. The van der Waals surface area contributed by atoms with Gasteiger partial charge < -0.3 is 0 Å². The molecule has 0 nitrogen and oxygen atoms in total. The molecular weight excluding hydrogens is 216 g/mol. The Hall–Kier alpha value is -1.04. The first-order chi connectivity index (χ1) is 8.91. The van der Waals surface area contributed by atoms with Crippen molar-refractivity contribution in [2.75, 3.05) is 0 Å². The summed E-state index contributed by atoms with van der Waals surface area (Å²) in [7, 11) is 0. The molecule has 0 aliphatic carbocycles. The van der Waals surface area contributed by atoms with Crippen LogP contribution in [0.25, 0.3) is 0 Å². The van der Waals surface area contributed by atoms with Crippen molar-refractivity contribution >= 4 is 0 Å². The van der Waals surface area contributed by atoms with Gasteiger partial charge in [-0.1, -0.05) is 81.7 Å². The molecule has 0 bridgehead atoms. The zero-order valence-electron chi connectivity index (χ0n) is 12.3. The molecule has 0 rings (SSSR count). The first-order valence-corrected chi connectivity index (χ1v) is 7.53. The molecule has 0 N–H and O–H groups in total. The summed E-state index contributed by atoms with van der Waals surface area (Å²) in [5, 5.41) is 0. The Kier molecular flexibility index (Phi) is 15.0. The first-order valence-electron chi connectivity index (χ1n) is 7.53. The predicted molar refractivity (Wildman–Crippen MR) is 84.8 cm³/mol. The van der Waals surface area contributed by atoms with E-state index in [1.54, 1.807) is 0 Å². The highest BCUT2D eigenvalue weighted by molar-refractivity contribution is 5.05. The van der Waals surface area contributed by atoms with Crippen LogP contribution in [0.15, 0.2) is 48.6 Å². The third-order valence-electron chi connectivity index (χ3n) is 2.72. The van der Waals surface area contributed by atoms with Gasteiger partial charge in [0.25, 0.3) is 0 Å². The lowest BCUT2D eigenvalue weighted by atomic mass is 10.1. The third kappa shape index (κ3) is 15.0. The lowest BCUT2D eigenvalue weighted by molar-refractivity contribution is 0.674. The molecule has 0 aromatic heterocycles. The zero-order valence-corrected chi connectivity index (χ0v) is 12.3. The minimum Gasteiger partial charge on any atom is -0.0885 e. The van der Waals surface area contributed by atoms with Crippen LogP contribution in [0, 0.1) is 0 Å². The molecular formula is C18H30. The van der Waals surface area contributed by atoms with Gasteiger partial charge in [-0.2, -0.15) is 0 Å². The molecule has 0 aliphatic rings. The van der Waals surface area contributed by atoms with Crippen LogP contribution < -0.4 is 0 Å². The van der Waals surface area contributed by atoms with Crippen molar-refractivity contribution in [2.24, 2.45) is 0 Å². The predicted octanol–water partition coefficient (Wildman–Crippen LogP) is 6.37. The number of allylic oxidation sites excluding steroid dienone is 8. The summed E-state index contributed by atoms with van der Waals surface area (Å²) >= 11 is 0. The average Bonchev–Trinajstić information content (AvgIpc) is 2.39. The molecule has 0 saturated heterocycles. The van der Waals surface area contributed by atoms with Gasteiger partial charge in [0.1, 0.15) is 0 Å². The molecule has 18 heavy (non-hydrogen) atoms. The molecule has 0 fully saturated rings. The Bertz CT molecular complexity index is 253. The van der Waals surface area contributed by atoms with Gasteiger partial charge in [0, 0.05) is 0 Å². The van der Waals surface area contributed by atoms with E-state index >= 15 is 0 Å². The quantitative estimate of drug-likeness (QED) is 0.226. The molecule has 0 radical (unpaired) electrons. The van der Waals surface area contributed by atoms with E-state index in [1.807, 2.05) is 0 Å². The van der Waals surface area contributed by atoms with Gasteiger partial charge in [-0.25, -0.2) is 0 Å². The summed E-state index contributed by atoms with van der Waals surface area (Å²) in [6.45, 7) is 4.42. The molecule has 0 heteroatoms. The van der Waals surface area contributed by atoms with Gasteiger partial charge in [-0.05, 0) is 32.1 Å². The second-order valence-electron chi connectivity index (χ2n) is 4.53. The number of rotatable bonds is 11. The van der Waals surface area contributed by atoms with Crippen molar-refractivity contribution in [3.8, 4) is 0 Å². The summed E-state index contributed by atoms with van der Waals surface area (Å²) in [6, 6.07) is 0. The Labute approximate surface area is 114 Å². The lowest BCUT2D eigenvalue weighted by Gasteiger charge is -1.92. The molecule has 0 unspecified atom stereocenters. The topological polar surface area (TPSA) is 0 Å². The largest absolute Gasteiger partial charge is 0.0885 e. The summed E-state index contributed by atoms with van der Waals surface area (Å²) < 4.78 is 0. The highest BCUT2D eigenvalue weighted by Gasteiger charge is 1.83. The van der Waals surface area contributed by atoms with Crippen molar-refractivity contribution in [2.45, 2.75) is 65.2 Å². The van der Waals surface area contributed by atoms with Crippen molar-refractivity contribution in [3.05, 3.63) is 48.6 Å². The van der Waals surface area contributed by atoms with Crippen LogP contribution in [0.4, 0.5) is 0 Å². The molecule has 0 aromatic rings. The molecule has 0 atom stereocenters. The van der Waals surface area contributed by atoms with Crippen molar-refractivity contribution < 1.29 is 0 Å². The van der Waals surface area contributed by atoms with Crippen LogP contribution in [0.2, 0.25) is 0 Å². The van der Waals surface area contributed by atoms with Crippen LogP contribution >= 0.6 is 0 Å². The van der Waals surface area contributed by atoms with E-state index in [1.165, 1.54) is 32.1 Å². The van der Waals surface area contributed by atoms with Crippen molar-refractivity contribution in [3.63, 3.8) is 0 Å². The molecule has 0 aliphatic heterocycles. The molecule has 0 amide bonds. The summed E-state index contributed by atoms with van der Waals surface area (Å²) in [5.41, 5.74) is 0. The van der Waals surface area contributed by atoms with Gasteiger partial charge in [0.2, 0.25) is 0 Å². The minimum absolute atomic E-state index is 1.04. The monoisotopic (exact) mass is 246 g/mol. The fourth-order valence-corrected chi connectivity index (χ4v) is 1.63. The maximum Gasteiger partial charge on any atom is -0.0166 e. The van der Waals surface area contributed by atoms with Crippen LogP contribution in [0.1, 0.15) is 65.2 Å². The van der Waals surface area contributed by atoms with E-state index in [9.17, 15) is 0 Å². The first kappa shape index (κ1) is 17.0. The Morgan fingerprint density at radius 1 is 0.611 bits per heavy atom. The van der Waals surface area contributed by atoms with E-state index in [4.69, 9.17) is 0 Å². The zero-order chi connectivity index (χ0) is 13.3. The SMILES string of the molecule is CCC=CCC=CCC=CC=CCCCCCC. The van der Waals surface area contributed by atoms with Crippen LogP contribution in [-0.4, -0.2) is 0 Å². The van der Waals surface area contributed by atoms with E-state index in [-0.39, 0.29) is 0 Å². The molecule has 102 valence electrons. The van der Waals surface area contributed by atoms with E-state index in [2.05, 4.69) is 62.5 Å². The molecule has 0 saturated carbocycles. The summed E-state index contributed by atoms with van der Waals surface area (Å²) in [6.07, 6.45) is 27.6. The number of unbranched alkanes of at least 4 members (excludes halogenated alkanes) is 4. The lowest BCUT2D eigenvalue weighted by Crippen LogP contribution is -1.72. The van der Waals surface area contributed by atoms with Crippen LogP contribution in [0.5, 0.6) is 0 Å². The van der Waals surface area contributed by atoms with E-state index in [0.29, 0.717) is 0 Å². The standard InChI is InChI=1S/C18H30/c1-3-5-7-9-11-13-15-17-18-16-14-12-10-8-6-4-2/h5,7,11,13-14,16-18H,3-4,6,8-10,12,15H2,1-2H3.